The molecule has 11 radical (unpaired) electrons. The summed E-state index contributed by atoms with van der Waals surface area (Å²) in [5, 5.41) is 0. The molecule has 0 spiro atoms. The Kier molecular flexibility index (Phi) is 112. The van der Waals surface area contributed by atoms with Crippen LogP contribution in [0.25, 0.3) is 0 Å². The summed E-state index contributed by atoms with van der Waals surface area (Å²) in [6.07, 6.45) is 0. The van der Waals surface area contributed by atoms with E-state index in [1.54, 1.807) is 0 Å². The van der Waals surface area contributed by atoms with Crippen molar-refractivity contribution in [3.8, 4) is 0 Å². The fourth-order valence-electron chi connectivity index (χ4n) is 0. The Bertz CT molecular complexity index is 8.00. The first-order valence-electron chi connectivity index (χ1n) is 0. The molecule has 15 valence electrons. The van der Waals surface area contributed by atoms with Gasteiger partial charge < -0.3 is 0 Å². The average molecular weight is 513 g/mol. The van der Waals surface area contributed by atoms with Crippen molar-refractivity contribution in [1.29, 1.82) is 0 Å². The molecule has 0 saturated carbocycles. The summed E-state index contributed by atoms with van der Waals surface area (Å²) >= 11 is 0. The second kappa shape index (κ2) is 16.4. The van der Waals surface area contributed by atoms with Crippen molar-refractivity contribution in [3.63, 3.8) is 0 Å². The first kappa shape index (κ1) is 27.2. The van der Waals surface area contributed by atoms with Crippen molar-refractivity contribution >= 4 is 75.6 Å². The van der Waals surface area contributed by atoms with Crippen molar-refractivity contribution in [2.75, 3.05) is 0 Å². The molecule has 0 nitrogen and oxygen atoms in total. The summed E-state index contributed by atoms with van der Waals surface area (Å²) in [7, 11) is 0. The quantitative estimate of drug-likeness (QED) is 0.360. The summed E-state index contributed by atoms with van der Waals surface area (Å²) in [5.74, 6) is 0. The largest absolute Gasteiger partial charge is 0 e. The molecule has 4 heteroatoms. The summed E-state index contributed by atoms with van der Waals surface area (Å²) < 4.78 is 0. The van der Waals surface area contributed by atoms with Gasteiger partial charge in [0, 0.05) is 95.1 Å². The maximum Gasteiger partial charge on any atom is 0 e. The molecule has 0 N–H and O–H groups in total. The van der Waals surface area contributed by atoms with Crippen LogP contribution < -0.4 is 0 Å². The van der Waals surface area contributed by atoms with E-state index in [4.69, 9.17) is 0 Å². The number of hydrogen-bond donors (Lipinski definition) is 0. The Morgan fingerprint density at radius 2 is 1.00 bits per heavy atom. The standard InChI is InChI=1S/Pb.Sb.Sn.Zn. The zero-order valence-electron chi connectivity index (χ0n) is 2.15. The molecule has 0 unspecified atom stereocenters. The van der Waals surface area contributed by atoms with Gasteiger partial charge in [-0.25, -0.2) is 0 Å². The van der Waals surface area contributed by atoms with Gasteiger partial charge in [0.05, 0.1) is 0 Å². The molecule has 0 aliphatic rings. The Morgan fingerprint density at radius 1 is 1.00 bits per heavy atom. The maximum atomic E-state index is 0. The smallest absolute Gasteiger partial charge is 0 e. The molecule has 0 aliphatic heterocycles. The van der Waals surface area contributed by atoms with E-state index < -0.39 is 0 Å². The average Bonchev–Trinajstić information content (AvgIpc) is 0. The molecule has 0 rings (SSSR count). The molecule has 0 saturated heterocycles. The zero-order chi connectivity index (χ0) is 0. The Hall–Kier alpha value is 3.16. The van der Waals surface area contributed by atoms with E-state index in [9.17, 15) is 0 Å². The predicted octanol–water partition coefficient (Wildman–Crippen LogP) is -1.14. The molecule has 0 heterocycles. The third kappa shape index (κ3) is 8.94. The first-order chi connectivity index (χ1) is 0. The monoisotopic (exact) mass is 513 g/mol. The Morgan fingerprint density at radius 3 is 1.00 bits per heavy atom. The molecular weight excluding hydrogens is 513 g/mol. The molecule has 0 atom stereocenters. The molecule has 0 aliphatic carbocycles. The van der Waals surface area contributed by atoms with Crippen LogP contribution in [0.3, 0.4) is 0 Å². The fraction of sp³-hybridized carbons (Fsp3) is 0. The predicted molar refractivity (Wildman–Crippen MR) is 17.3 cm³/mol. The summed E-state index contributed by atoms with van der Waals surface area (Å²) in [6.45, 7) is 0. The van der Waals surface area contributed by atoms with Gasteiger partial charge in [0.15, 0.2) is 0 Å². The van der Waals surface area contributed by atoms with Gasteiger partial charge in [-0.15, -0.1) is 0 Å². The molecule has 0 bridgehead atoms. The minimum absolute atomic E-state index is 0. The van der Waals surface area contributed by atoms with E-state index in [-0.39, 0.29) is 95.1 Å². The minimum Gasteiger partial charge on any atom is 0 e. The van der Waals surface area contributed by atoms with Gasteiger partial charge in [0.2, 0.25) is 0 Å². The van der Waals surface area contributed by atoms with E-state index in [0.29, 0.717) is 0 Å². The fourth-order valence-corrected chi connectivity index (χ4v) is 0. The first-order valence-corrected chi connectivity index (χ1v) is 0. The van der Waals surface area contributed by atoms with Crippen LogP contribution in [0.1, 0.15) is 0 Å². The normalized spacial score (nSPS) is 0. The minimum atomic E-state index is 0. The zero-order valence-corrected chi connectivity index (χ0v) is 14.4. The van der Waals surface area contributed by atoms with Crippen molar-refractivity contribution in [1.82, 2.24) is 0 Å². The van der Waals surface area contributed by atoms with Gasteiger partial charge in [-0.2, -0.15) is 0 Å². The van der Waals surface area contributed by atoms with Gasteiger partial charge in [0.25, 0.3) is 0 Å². The third-order valence-electron chi connectivity index (χ3n) is 0. The van der Waals surface area contributed by atoms with Crippen LogP contribution in [0.5, 0.6) is 0 Å². The van der Waals surface area contributed by atoms with Crippen LogP contribution in [-0.4, -0.2) is 75.6 Å². The van der Waals surface area contributed by atoms with Gasteiger partial charge in [-0.3, -0.25) is 0 Å². The van der Waals surface area contributed by atoms with Crippen LogP contribution in [0.15, 0.2) is 0 Å². The number of rotatable bonds is 0. The van der Waals surface area contributed by atoms with Crippen molar-refractivity contribution in [2.45, 2.75) is 0 Å². The van der Waals surface area contributed by atoms with Crippen molar-refractivity contribution < 1.29 is 19.5 Å². The second-order valence-corrected chi connectivity index (χ2v) is 0. The molecule has 0 aromatic rings. The topological polar surface area (TPSA) is 0 Å². The van der Waals surface area contributed by atoms with Crippen LogP contribution in [0, 0.1) is 0 Å². The second-order valence-electron chi connectivity index (χ2n) is 0. The van der Waals surface area contributed by atoms with Crippen LogP contribution in [-0.2, 0) is 19.5 Å². The molecule has 0 fully saturated rings. The van der Waals surface area contributed by atoms with Gasteiger partial charge in [-0.05, 0) is 0 Å². The van der Waals surface area contributed by atoms with Crippen molar-refractivity contribution in [2.24, 2.45) is 0 Å². The summed E-state index contributed by atoms with van der Waals surface area (Å²) in [5.41, 5.74) is 0. The van der Waals surface area contributed by atoms with Crippen LogP contribution in [0.2, 0.25) is 0 Å². The Labute approximate surface area is 93.2 Å². The number of hydrogen-bond acceptors (Lipinski definition) is 0. The van der Waals surface area contributed by atoms with Gasteiger partial charge in [0.1, 0.15) is 0 Å². The Balaban J connectivity index is 0. The third-order valence-corrected chi connectivity index (χ3v) is 0. The molecular formula is PbSbSnZn. The van der Waals surface area contributed by atoms with Crippen molar-refractivity contribution in [3.05, 3.63) is 0 Å². The van der Waals surface area contributed by atoms with E-state index in [2.05, 4.69) is 0 Å². The molecule has 0 aromatic carbocycles. The van der Waals surface area contributed by atoms with Crippen LogP contribution in [0.4, 0.5) is 0 Å². The van der Waals surface area contributed by atoms with Gasteiger partial charge in [-0.1, -0.05) is 0 Å². The van der Waals surface area contributed by atoms with E-state index >= 15 is 0 Å². The van der Waals surface area contributed by atoms with E-state index in [1.165, 1.54) is 0 Å². The van der Waals surface area contributed by atoms with Gasteiger partial charge >= 0.3 is 0 Å². The summed E-state index contributed by atoms with van der Waals surface area (Å²) in [4.78, 5) is 0. The molecule has 0 aromatic heterocycles. The van der Waals surface area contributed by atoms with Crippen LogP contribution >= 0.6 is 0 Å². The van der Waals surface area contributed by atoms with E-state index in [0.717, 1.165) is 0 Å². The molecule has 4 heavy (non-hydrogen) atoms. The maximum absolute atomic E-state index is 0. The summed E-state index contributed by atoms with van der Waals surface area (Å²) in [6, 6.07) is 0. The molecule has 0 amide bonds. The van der Waals surface area contributed by atoms with E-state index in [1.807, 2.05) is 0 Å². The SMILES string of the molecule is [Pb].[Sb].[Sn].[Zn].